The maximum atomic E-state index is 12.4. The molecule has 2 aromatic carbocycles. The van der Waals surface area contributed by atoms with Gasteiger partial charge in [-0.2, -0.15) is 10.4 Å². The zero-order valence-electron chi connectivity index (χ0n) is 18.1. The number of aromatic nitrogens is 1. The van der Waals surface area contributed by atoms with Crippen LogP contribution >= 0.6 is 0 Å². The number of hydrazone groups is 1. The van der Waals surface area contributed by atoms with Gasteiger partial charge in [-0.3, -0.25) is 15.0 Å². The van der Waals surface area contributed by atoms with Crippen molar-refractivity contribution >= 4 is 23.9 Å². The Labute approximate surface area is 191 Å². The van der Waals surface area contributed by atoms with Crippen molar-refractivity contribution in [3.05, 3.63) is 95.2 Å². The fourth-order valence-electron chi connectivity index (χ4n) is 2.93. The Morgan fingerprint density at radius 2 is 1.88 bits per heavy atom. The first kappa shape index (κ1) is 23.2. The molecule has 0 spiro atoms. The highest BCUT2D eigenvalue weighted by molar-refractivity contribution is 5.96. The molecule has 0 radical (unpaired) electrons. The fraction of sp³-hybridized carbons (Fsp3) is 0.160. The first-order valence-electron chi connectivity index (χ1n) is 10.3. The predicted octanol–water partition coefficient (Wildman–Crippen LogP) is 3.63. The summed E-state index contributed by atoms with van der Waals surface area (Å²) in [5.41, 5.74) is 5.32. The molecular formula is C25H23N5O3. The summed E-state index contributed by atoms with van der Waals surface area (Å²) in [6.45, 7) is 2.39. The first-order valence-corrected chi connectivity index (χ1v) is 10.3. The van der Waals surface area contributed by atoms with E-state index < -0.39 is 11.9 Å². The van der Waals surface area contributed by atoms with E-state index in [2.05, 4.69) is 20.8 Å². The number of anilines is 1. The van der Waals surface area contributed by atoms with E-state index in [0.717, 1.165) is 5.56 Å². The quantitative estimate of drug-likeness (QED) is 0.298. The second-order valence-corrected chi connectivity index (χ2v) is 6.95. The van der Waals surface area contributed by atoms with Gasteiger partial charge in [-0.25, -0.2) is 4.98 Å². The van der Waals surface area contributed by atoms with Crippen LogP contribution in [-0.4, -0.2) is 29.7 Å². The molecule has 0 saturated carbocycles. The van der Waals surface area contributed by atoms with E-state index in [1.54, 1.807) is 43.3 Å². The summed E-state index contributed by atoms with van der Waals surface area (Å²) < 4.78 is 5.13. The number of nitrogens with zero attached hydrogens (tertiary/aromatic N) is 3. The van der Waals surface area contributed by atoms with Crippen molar-refractivity contribution < 1.29 is 14.3 Å². The first-order chi connectivity index (χ1) is 16.1. The van der Waals surface area contributed by atoms with Crippen LogP contribution in [0.5, 0.6) is 0 Å². The number of nitriles is 1. The van der Waals surface area contributed by atoms with Gasteiger partial charge in [0, 0.05) is 19.0 Å². The zero-order chi connectivity index (χ0) is 23.5. The Balaban J connectivity index is 1.61. The number of hydrogen-bond acceptors (Lipinski definition) is 7. The second-order valence-electron chi connectivity index (χ2n) is 6.95. The van der Waals surface area contributed by atoms with Gasteiger partial charge in [-0.15, -0.1) is 0 Å². The van der Waals surface area contributed by atoms with Crippen LogP contribution < -0.4 is 10.7 Å². The standard InChI is InChI=1S/C25H23N5O3/c1-2-33-25(32)22(20-10-8-18(14-26)9-11-20)17-29-30-23-13-12-21(16-27-23)24(31)28-15-19-6-4-3-5-7-19/h3-13,16-17,22H,2,15H2,1H3,(H,27,30)(H,28,31)/b29-17-. The lowest BCUT2D eigenvalue weighted by atomic mass is 9.99. The largest absolute Gasteiger partial charge is 0.465 e. The number of amides is 1. The highest BCUT2D eigenvalue weighted by atomic mass is 16.5. The maximum absolute atomic E-state index is 12.4. The van der Waals surface area contributed by atoms with E-state index >= 15 is 0 Å². The van der Waals surface area contributed by atoms with Crippen molar-refractivity contribution in [1.29, 1.82) is 5.26 Å². The summed E-state index contributed by atoms with van der Waals surface area (Å²) in [6, 6.07) is 21.6. The highest BCUT2D eigenvalue weighted by Crippen LogP contribution is 2.17. The third-order valence-corrected chi connectivity index (χ3v) is 4.66. The minimum atomic E-state index is -0.742. The summed E-state index contributed by atoms with van der Waals surface area (Å²) in [4.78, 5) is 28.8. The monoisotopic (exact) mass is 441 g/mol. The van der Waals surface area contributed by atoms with Crippen molar-refractivity contribution in [3.63, 3.8) is 0 Å². The molecular weight excluding hydrogens is 418 g/mol. The summed E-state index contributed by atoms with van der Waals surface area (Å²) in [5.74, 6) is -1.02. The average Bonchev–Trinajstić information content (AvgIpc) is 2.86. The normalized spacial score (nSPS) is 11.4. The van der Waals surface area contributed by atoms with Crippen molar-refractivity contribution in [2.75, 3.05) is 12.0 Å². The molecule has 1 amide bonds. The molecule has 0 saturated heterocycles. The second kappa shape index (κ2) is 11.8. The van der Waals surface area contributed by atoms with Crippen molar-refractivity contribution in [3.8, 4) is 6.07 Å². The van der Waals surface area contributed by atoms with Gasteiger partial charge in [0.05, 0.1) is 23.8 Å². The molecule has 33 heavy (non-hydrogen) atoms. The smallest absolute Gasteiger partial charge is 0.318 e. The van der Waals surface area contributed by atoms with Crippen LogP contribution in [0.15, 0.2) is 78.0 Å². The summed E-state index contributed by atoms with van der Waals surface area (Å²) in [6.07, 6.45) is 2.86. The van der Waals surface area contributed by atoms with Gasteiger partial charge in [0.2, 0.25) is 0 Å². The van der Waals surface area contributed by atoms with Crippen molar-refractivity contribution in [1.82, 2.24) is 10.3 Å². The van der Waals surface area contributed by atoms with E-state index in [9.17, 15) is 9.59 Å². The Kier molecular flexibility index (Phi) is 8.26. The lowest BCUT2D eigenvalue weighted by Crippen LogP contribution is -2.22. The topological polar surface area (TPSA) is 116 Å². The number of pyridine rings is 1. The molecule has 0 bridgehead atoms. The average molecular weight is 441 g/mol. The van der Waals surface area contributed by atoms with Gasteiger partial charge >= 0.3 is 5.97 Å². The molecule has 1 aromatic heterocycles. The van der Waals surface area contributed by atoms with Crippen LogP contribution in [-0.2, 0) is 16.1 Å². The Morgan fingerprint density at radius 1 is 1.12 bits per heavy atom. The lowest BCUT2D eigenvalue weighted by Gasteiger charge is -2.11. The van der Waals surface area contributed by atoms with E-state index in [4.69, 9.17) is 10.00 Å². The number of carbonyl (C=O) groups excluding carboxylic acids is 2. The predicted molar refractivity (Wildman–Crippen MR) is 124 cm³/mol. The molecule has 3 rings (SSSR count). The number of rotatable bonds is 9. The minimum absolute atomic E-state index is 0.232. The minimum Gasteiger partial charge on any atom is -0.465 e. The van der Waals surface area contributed by atoms with Crippen LogP contribution in [0.3, 0.4) is 0 Å². The van der Waals surface area contributed by atoms with E-state index in [1.807, 2.05) is 36.4 Å². The Hall–Kier alpha value is -4.51. The zero-order valence-corrected chi connectivity index (χ0v) is 18.1. The molecule has 1 heterocycles. The molecule has 0 fully saturated rings. The summed E-state index contributed by atoms with van der Waals surface area (Å²) in [7, 11) is 0. The molecule has 2 N–H and O–H groups in total. The summed E-state index contributed by atoms with van der Waals surface area (Å²) >= 11 is 0. The molecule has 1 unspecified atom stereocenters. The van der Waals surface area contributed by atoms with Gasteiger partial charge in [0.15, 0.2) is 0 Å². The number of hydrogen-bond donors (Lipinski definition) is 2. The van der Waals surface area contributed by atoms with Gasteiger partial charge in [0.1, 0.15) is 11.7 Å². The van der Waals surface area contributed by atoms with Gasteiger partial charge in [-0.1, -0.05) is 42.5 Å². The third kappa shape index (κ3) is 6.74. The molecule has 0 aliphatic rings. The number of carbonyl (C=O) groups is 2. The van der Waals surface area contributed by atoms with Crippen LogP contribution in [0.4, 0.5) is 5.82 Å². The molecule has 1 atom stereocenters. The highest BCUT2D eigenvalue weighted by Gasteiger charge is 2.20. The number of esters is 1. The summed E-state index contributed by atoms with van der Waals surface area (Å²) in [5, 5.41) is 15.9. The maximum Gasteiger partial charge on any atom is 0.318 e. The third-order valence-electron chi connectivity index (χ3n) is 4.66. The molecule has 0 aliphatic heterocycles. The molecule has 8 nitrogen and oxygen atoms in total. The molecule has 0 aliphatic carbocycles. The van der Waals surface area contributed by atoms with Gasteiger partial charge < -0.3 is 10.1 Å². The van der Waals surface area contributed by atoms with Crippen LogP contribution in [0.1, 0.15) is 39.9 Å². The van der Waals surface area contributed by atoms with Gasteiger partial charge in [-0.05, 0) is 42.3 Å². The van der Waals surface area contributed by atoms with E-state index in [1.165, 1.54) is 12.4 Å². The Morgan fingerprint density at radius 3 is 2.52 bits per heavy atom. The lowest BCUT2D eigenvalue weighted by molar-refractivity contribution is -0.143. The number of ether oxygens (including phenoxy) is 1. The number of benzene rings is 2. The van der Waals surface area contributed by atoms with Crippen LogP contribution in [0.2, 0.25) is 0 Å². The van der Waals surface area contributed by atoms with Crippen molar-refractivity contribution in [2.24, 2.45) is 5.10 Å². The fourth-order valence-corrected chi connectivity index (χ4v) is 2.93. The Bertz CT molecular complexity index is 1140. The van der Waals surface area contributed by atoms with Crippen LogP contribution in [0.25, 0.3) is 0 Å². The molecule has 166 valence electrons. The van der Waals surface area contributed by atoms with E-state index in [-0.39, 0.29) is 12.5 Å². The van der Waals surface area contributed by atoms with Crippen molar-refractivity contribution in [2.45, 2.75) is 19.4 Å². The molecule has 8 heteroatoms. The molecule has 3 aromatic rings. The van der Waals surface area contributed by atoms with E-state index in [0.29, 0.717) is 29.1 Å². The van der Waals surface area contributed by atoms with Crippen LogP contribution in [0, 0.1) is 11.3 Å². The number of nitrogens with one attached hydrogen (secondary N) is 2. The SMILES string of the molecule is CCOC(=O)C(/C=N\Nc1ccc(C(=O)NCc2ccccc2)cn1)c1ccc(C#N)cc1. The van der Waals surface area contributed by atoms with Gasteiger partial charge in [0.25, 0.3) is 5.91 Å².